The van der Waals surface area contributed by atoms with E-state index >= 15 is 0 Å². The van der Waals surface area contributed by atoms with Crippen LogP contribution in [0.5, 0.6) is 0 Å². The zero-order valence-corrected chi connectivity index (χ0v) is 12.3. The first-order valence-corrected chi connectivity index (χ1v) is 7.84. The Kier molecular flexibility index (Phi) is 4.89. The summed E-state index contributed by atoms with van der Waals surface area (Å²) in [5.74, 6) is -0.163. The maximum absolute atomic E-state index is 12.1. The maximum Gasteiger partial charge on any atom is 0.329 e. The molecule has 0 aromatic rings. The second-order valence-electron chi connectivity index (χ2n) is 6.50. The first kappa shape index (κ1) is 15.1. The lowest BCUT2D eigenvalue weighted by Gasteiger charge is -2.35. The van der Waals surface area contributed by atoms with Crippen LogP contribution in [0.2, 0.25) is 0 Å². The first-order valence-electron chi connectivity index (χ1n) is 7.84. The number of amides is 2. The van der Waals surface area contributed by atoms with E-state index in [1.807, 2.05) is 0 Å². The molecule has 0 unspecified atom stereocenters. The van der Waals surface area contributed by atoms with Crippen LogP contribution >= 0.6 is 0 Å². The summed E-state index contributed by atoms with van der Waals surface area (Å²) in [5, 5.41) is 15.1. The van der Waals surface area contributed by atoms with Gasteiger partial charge >= 0.3 is 12.0 Å². The molecule has 0 aromatic heterocycles. The molecule has 0 aromatic carbocycles. The molecule has 2 aliphatic carbocycles. The minimum absolute atomic E-state index is 0.195. The number of carbonyl (C=O) groups excluding carboxylic acids is 1. The van der Waals surface area contributed by atoms with Crippen molar-refractivity contribution in [2.75, 3.05) is 0 Å². The van der Waals surface area contributed by atoms with Crippen LogP contribution in [0.1, 0.15) is 64.7 Å². The lowest BCUT2D eigenvalue weighted by Crippen LogP contribution is -2.59. The Morgan fingerprint density at radius 3 is 2.20 bits per heavy atom. The van der Waals surface area contributed by atoms with Crippen molar-refractivity contribution in [3.63, 3.8) is 0 Å². The summed E-state index contributed by atoms with van der Waals surface area (Å²) in [6.45, 7) is 2.23. The van der Waals surface area contributed by atoms with Gasteiger partial charge in [-0.1, -0.05) is 26.2 Å². The largest absolute Gasteiger partial charge is 0.480 e. The molecule has 0 saturated heterocycles. The van der Waals surface area contributed by atoms with Gasteiger partial charge in [-0.15, -0.1) is 0 Å². The molecule has 2 rings (SSSR count). The van der Waals surface area contributed by atoms with Crippen LogP contribution in [-0.4, -0.2) is 28.7 Å². The number of rotatable bonds is 3. The van der Waals surface area contributed by atoms with Crippen molar-refractivity contribution in [3.05, 3.63) is 0 Å². The van der Waals surface area contributed by atoms with Crippen LogP contribution in [0.15, 0.2) is 0 Å². The molecular formula is C15H26N2O3. The van der Waals surface area contributed by atoms with Gasteiger partial charge in [0.15, 0.2) is 0 Å². The van der Waals surface area contributed by atoms with E-state index in [0.717, 1.165) is 50.9 Å². The van der Waals surface area contributed by atoms with Gasteiger partial charge in [-0.25, -0.2) is 9.59 Å². The average Bonchev–Trinajstić information content (AvgIpc) is 2.42. The van der Waals surface area contributed by atoms with Crippen LogP contribution in [0.25, 0.3) is 0 Å². The minimum atomic E-state index is -1.05. The number of aliphatic carboxylic acids is 1. The van der Waals surface area contributed by atoms with Gasteiger partial charge < -0.3 is 15.7 Å². The molecule has 0 heterocycles. The zero-order valence-electron chi connectivity index (χ0n) is 12.3. The SMILES string of the molecule is CC1CCC(NC(=O)NC2(C(=O)O)CCCCC2)CC1. The number of urea groups is 1. The van der Waals surface area contributed by atoms with Gasteiger partial charge in [0.2, 0.25) is 0 Å². The van der Waals surface area contributed by atoms with Crippen LogP contribution in [0.3, 0.4) is 0 Å². The molecule has 0 spiro atoms. The number of hydrogen-bond acceptors (Lipinski definition) is 2. The molecule has 114 valence electrons. The van der Waals surface area contributed by atoms with Crippen molar-refractivity contribution < 1.29 is 14.7 Å². The third kappa shape index (κ3) is 3.64. The van der Waals surface area contributed by atoms with Crippen molar-refractivity contribution in [1.29, 1.82) is 0 Å². The van der Waals surface area contributed by atoms with Gasteiger partial charge in [0.05, 0.1) is 0 Å². The quantitative estimate of drug-likeness (QED) is 0.744. The number of carboxylic acid groups (broad SMARTS) is 1. The van der Waals surface area contributed by atoms with Crippen molar-refractivity contribution in [1.82, 2.24) is 10.6 Å². The number of carbonyl (C=O) groups is 2. The summed E-state index contributed by atoms with van der Waals surface area (Å²) in [6, 6.07) is -0.116. The molecule has 2 saturated carbocycles. The van der Waals surface area contributed by atoms with E-state index in [-0.39, 0.29) is 12.1 Å². The molecule has 0 bridgehead atoms. The molecule has 5 nitrogen and oxygen atoms in total. The van der Waals surface area contributed by atoms with Crippen molar-refractivity contribution in [2.45, 2.75) is 76.3 Å². The van der Waals surface area contributed by atoms with E-state index in [0.29, 0.717) is 12.8 Å². The highest BCUT2D eigenvalue weighted by Crippen LogP contribution is 2.29. The standard InChI is InChI=1S/C15H26N2O3/c1-11-5-7-12(8-6-11)16-14(20)17-15(13(18)19)9-3-2-4-10-15/h11-12H,2-10H2,1H3,(H,18,19)(H2,16,17,20). The lowest BCUT2D eigenvalue weighted by atomic mass is 9.82. The highest BCUT2D eigenvalue weighted by Gasteiger charge is 2.41. The Morgan fingerprint density at radius 1 is 1.05 bits per heavy atom. The van der Waals surface area contributed by atoms with Crippen LogP contribution < -0.4 is 10.6 Å². The predicted molar refractivity (Wildman–Crippen MR) is 76.5 cm³/mol. The van der Waals surface area contributed by atoms with E-state index in [1.165, 1.54) is 0 Å². The van der Waals surface area contributed by atoms with E-state index in [4.69, 9.17) is 0 Å². The van der Waals surface area contributed by atoms with Crippen LogP contribution in [-0.2, 0) is 4.79 Å². The molecule has 2 fully saturated rings. The summed E-state index contributed by atoms with van der Waals surface area (Å²) in [6.07, 6.45) is 8.13. The molecule has 0 radical (unpaired) electrons. The molecule has 2 amide bonds. The molecule has 2 aliphatic rings. The van der Waals surface area contributed by atoms with Crippen molar-refractivity contribution >= 4 is 12.0 Å². The predicted octanol–water partition coefficient (Wildman–Crippen LogP) is 2.65. The van der Waals surface area contributed by atoms with Gasteiger partial charge in [0.1, 0.15) is 5.54 Å². The lowest BCUT2D eigenvalue weighted by molar-refractivity contribution is -0.145. The average molecular weight is 282 g/mol. The Bertz CT molecular complexity index is 356. The number of hydrogen-bond donors (Lipinski definition) is 3. The third-order valence-electron chi connectivity index (χ3n) is 4.82. The fraction of sp³-hybridized carbons (Fsp3) is 0.867. The van der Waals surface area contributed by atoms with Gasteiger partial charge in [-0.05, 0) is 44.4 Å². The smallest absolute Gasteiger partial charge is 0.329 e. The van der Waals surface area contributed by atoms with Crippen LogP contribution in [0, 0.1) is 5.92 Å². The van der Waals surface area contributed by atoms with E-state index in [9.17, 15) is 14.7 Å². The summed E-state index contributed by atoms with van der Waals surface area (Å²) >= 11 is 0. The summed E-state index contributed by atoms with van der Waals surface area (Å²) in [7, 11) is 0. The van der Waals surface area contributed by atoms with Gasteiger partial charge in [0, 0.05) is 6.04 Å². The second kappa shape index (κ2) is 6.46. The Balaban J connectivity index is 1.87. The van der Waals surface area contributed by atoms with Gasteiger partial charge in [0.25, 0.3) is 0 Å². The minimum Gasteiger partial charge on any atom is -0.480 e. The van der Waals surface area contributed by atoms with Crippen molar-refractivity contribution in [3.8, 4) is 0 Å². The fourth-order valence-corrected chi connectivity index (χ4v) is 3.39. The van der Waals surface area contributed by atoms with Gasteiger partial charge in [-0.2, -0.15) is 0 Å². The summed E-state index contributed by atoms with van der Waals surface area (Å²) < 4.78 is 0. The highest BCUT2D eigenvalue weighted by molar-refractivity contribution is 5.86. The third-order valence-corrected chi connectivity index (χ3v) is 4.82. The molecule has 5 heteroatoms. The molecule has 0 aliphatic heterocycles. The Morgan fingerprint density at radius 2 is 1.65 bits per heavy atom. The van der Waals surface area contributed by atoms with Crippen LogP contribution in [0.4, 0.5) is 4.79 Å². The second-order valence-corrected chi connectivity index (χ2v) is 6.50. The van der Waals surface area contributed by atoms with E-state index in [2.05, 4.69) is 17.6 Å². The van der Waals surface area contributed by atoms with Crippen molar-refractivity contribution in [2.24, 2.45) is 5.92 Å². The van der Waals surface area contributed by atoms with Gasteiger partial charge in [-0.3, -0.25) is 0 Å². The zero-order chi connectivity index (χ0) is 14.6. The van der Waals surface area contributed by atoms with E-state index in [1.54, 1.807) is 0 Å². The topological polar surface area (TPSA) is 78.4 Å². The highest BCUT2D eigenvalue weighted by atomic mass is 16.4. The Hall–Kier alpha value is -1.26. The monoisotopic (exact) mass is 282 g/mol. The molecular weight excluding hydrogens is 256 g/mol. The molecule has 3 N–H and O–H groups in total. The normalized spacial score (nSPS) is 29.4. The number of nitrogens with one attached hydrogen (secondary N) is 2. The molecule has 20 heavy (non-hydrogen) atoms. The molecule has 0 atom stereocenters. The number of carboxylic acids is 1. The van der Waals surface area contributed by atoms with E-state index < -0.39 is 11.5 Å². The summed E-state index contributed by atoms with van der Waals surface area (Å²) in [4.78, 5) is 23.6. The fourth-order valence-electron chi connectivity index (χ4n) is 3.39. The first-order chi connectivity index (χ1) is 9.52. The Labute approximate surface area is 120 Å². The maximum atomic E-state index is 12.1. The summed E-state index contributed by atoms with van der Waals surface area (Å²) in [5.41, 5.74) is -1.05.